The lowest BCUT2D eigenvalue weighted by atomic mass is 9.97. The third-order valence-corrected chi connectivity index (χ3v) is 8.07. The predicted molar refractivity (Wildman–Crippen MR) is 177 cm³/mol. The van der Waals surface area contributed by atoms with E-state index in [2.05, 4.69) is 157 Å². The normalized spacial score (nSPS) is 11.3. The molecule has 0 spiro atoms. The zero-order valence-electron chi connectivity index (χ0n) is 22.9. The van der Waals surface area contributed by atoms with Gasteiger partial charge in [0.25, 0.3) is 0 Å². The molecule has 0 atom stereocenters. The quantitative estimate of drug-likeness (QED) is 0.217. The van der Waals surface area contributed by atoms with Crippen LogP contribution in [0, 0.1) is 0 Å². The Labute approximate surface area is 244 Å². The van der Waals surface area contributed by atoms with E-state index in [0.717, 1.165) is 50.1 Å². The third-order valence-electron chi connectivity index (χ3n) is 8.07. The van der Waals surface area contributed by atoms with Crippen molar-refractivity contribution >= 4 is 49.8 Å². The Balaban J connectivity index is 1.27. The first kappa shape index (κ1) is 24.2. The fourth-order valence-electron chi connectivity index (χ4n) is 6.08. The molecule has 0 unspecified atom stereocenters. The second kappa shape index (κ2) is 10.1. The van der Waals surface area contributed by atoms with Crippen LogP contribution in [0.3, 0.4) is 0 Å². The van der Waals surface area contributed by atoms with Crippen molar-refractivity contribution in [2.45, 2.75) is 0 Å². The minimum Gasteiger partial charge on any atom is -0.456 e. The molecule has 0 aliphatic heterocycles. The molecule has 7 aromatic carbocycles. The van der Waals surface area contributed by atoms with Crippen molar-refractivity contribution in [2.75, 3.05) is 4.90 Å². The van der Waals surface area contributed by atoms with Crippen molar-refractivity contribution in [1.29, 1.82) is 0 Å². The van der Waals surface area contributed by atoms with Gasteiger partial charge < -0.3 is 9.32 Å². The molecule has 42 heavy (non-hydrogen) atoms. The molecule has 1 aromatic heterocycles. The van der Waals surface area contributed by atoms with Crippen molar-refractivity contribution in [3.63, 3.8) is 0 Å². The Morgan fingerprint density at radius 2 is 1.00 bits per heavy atom. The molecule has 0 aliphatic rings. The molecule has 0 aliphatic carbocycles. The van der Waals surface area contributed by atoms with Gasteiger partial charge in [-0.3, -0.25) is 0 Å². The highest BCUT2D eigenvalue weighted by Gasteiger charge is 2.18. The number of hydrogen-bond donors (Lipinski definition) is 0. The Bertz CT molecular complexity index is 2190. The number of rotatable bonds is 5. The topological polar surface area (TPSA) is 16.4 Å². The van der Waals surface area contributed by atoms with Gasteiger partial charge in [-0.2, -0.15) is 0 Å². The van der Waals surface area contributed by atoms with E-state index in [1.165, 1.54) is 21.9 Å². The van der Waals surface area contributed by atoms with Crippen LogP contribution in [0.1, 0.15) is 0 Å². The number of nitrogens with zero attached hydrogens (tertiary/aromatic N) is 1. The molecule has 8 rings (SSSR count). The summed E-state index contributed by atoms with van der Waals surface area (Å²) in [6.07, 6.45) is 0. The van der Waals surface area contributed by atoms with Gasteiger partial charge in [0, 0.05) is 27.7 Å². The van der Waals surface area contributed by atoms with Gasteiger partial charge in [-0.1, -0.05) is 115 Å². The number of anilines is 3. The molecular formula is C40H27NO. The molecular weight excluding hydrogens is 510 g/mol. The van der Waals surface area contributed by atoms with Gasteiger partial charge in [-0.05, 0) is 76.0 Å². The summed E-state index contributed by atoms with van der Waals surface area (Å²) in [4.78, 5) is 2.35. The molecule has 0 N–H and O–H groups in total. The van der Waals surface area contributed by atoms with E-state index in [4.69, 9.17) is 4.42 Å². The zero-order valence-corrected chi connectivity index (χ0v) is 22.9. The van der Waals surface area contributed by atoms with Gasteiger partial charge in [-0.25, -0.2) is 0 Å². The number of hydrogen-bond acceptors (Lipinski definition) is 2. The molecule has 8 aromatic rings. The standard InChI is InChI=1S/C40H27NO/c1-2-13-31(14-3-1)41(32-24-21-29(22-25-32)34-18-10-12-28-11-4-5-15-33(28)34)38-19-8-6-16-35(38)30-23-26-40-37(27-30)36-17-7-9-20-39(36)42-40/h1-27H. The second-order valence-corrected chi connectivity index (χ2v) is 10.6. The summed E-state index contributed by atoms with van der Waals surface area (Å²) < 4.78 is 6.12. The smallest absolute Gasteiger partial charge is 0.135 e. The Morgan fingerprint density at radius 1 is 0.381 bits per heavy atom. The van der Waals surface area contributed by atoms with E-state index in [9.17, 15) is 0 Å². The SMILES string of the molecule is c1ccc(N(c2ccc(-c3cccc4ccccc34)cc2)c2ccccc2-c2ccc3oc4ccccc4c3c2)cc1. The molecule has 0 amide bonds. The van der Waals surface area contributed by atoms with Gasteiger partial charge >= 0.3 is 0 Å². The summed E-state index contributed by atoms with van der Waals surface area (Å²) in [5, 5.41) is 4.78. The van der Waals surface area contributed by atoms with E-state index < -0.39 is 0 Å². The van der Waals surface area contributed by atoms with Crippen molar-refractivity contribution in [2.24, 2.45) is 0 Å². The second-order valence-electron chi connectivity index (χ2n) is 10.6. The molecule has 2 heteroatoms. The maximum atomic E-state index is 6.12. The number of benzene rings is 7. The Hall–Kier alpha value is -5.60. The average molecular weight is 538 g/mol. The monoisotopic (exact) mass is 537 g/mol. The van der Waals surface area contributed by atoms with Gasteiger partial charge in [0.1, 0.15) is 11.2 Å². The first-order chi connectivity index (χ1) is 20.8. The number of para-hydroxylation sites is 3. The molecule has 0 radical (unpaired) electrons. The van der Waals surface area contributed by atoms with Crippen LogP contribution in [0.5, 0.6) is 0 Å². The third kappa shape index (κ3) is 4.13. The lowest BCUT2D eigenvalue weighted by Crippen LogP contribution is -2.11. The molecule has 198 valence electrons. The fraction of sp³-hybridized carbons (Fsp3) is 0. The summed E-state index contributed by atoms with van der Waals surface area (Å²) in [6.45, 7) is 0. The molecule has 2 nitrogen and oxygen atoms in total. The predicted octanol–water partition coefficient (Wildman–Crippen LogP) is 11.5. The molecule has 1 heterocycles. The summed E-state index contributed by atoms with van der Waals surface area (Å²) in [6, 6.07) is 58.0. The van der Waals surface area contributed by atoms with E-state index in [1.807, 2.05) is 12.1 Å². The largest absolute Gasteiger partial charge is 0.456 e. The first-order valence-electron chi connectivity index (χ1n) is 14.3. The molecule has 0 fully saturated rings. The zero-order chi connectivity index (χ0) is 27.9. The summed E-state index contributed by atoms with van der Waals surface area (Å²) >= 11 is 0. The van der Waals surface area contributed by atoms with Crippen LogP contribution < -0.4 is 4.90 Å². The van der Waals surface area contributed by atoms with Crippen LogP contribution in [0.4, 0.5) is 17.1 Å². The highest BCUT2D eigenvalue weighted by atomic mass is 16.3. The lowest BCUT2D eigenvalue weighted by molar-refractivity contribution is 0.669. The summed E-state index contributed by atoms with van der Waals surface area (Å²) in [5.41, 5.74) is 9.90. The van der Waals surface area contributed by atoms with E-state index in [0.29, 0.717) is 0 Å². The number of furan rings is 1. The van der Waals surface area contributed by atoms with Crippen LogP contribution in [-0.2, 0) is 0 Å². The van der Waals surface area contributed by atoms with Gasteiger partial charge in [0.2, 0.25) is 0 Å². The van der Waals surface area contributed by atoms with Crippen LogP contribution in [0.2, 0.25) is 0 Å². The maximum Gasteiger partial charge on any atom is 0.135 e. The van der Waals surface area contributed by atoms with Gasteiger partial charge in [-0.15, -0.1) is 0 Å². The Kier molecular flexibility index (Phi) is 5.82. The van der Waals surface area contributed by atoms with E-state index in [-0.39, 0.29) is 0 Å². The van der Waals surface area contributed by atoms with Crippen molar-refractivity contribution < 1.29 is 4.42 Å². The maximum absolute atomic E-state index is 6.12. The molecule has 0 saturated carbocycles. The van der Waals surface area contributed by atoms with E-state index in [1.54, 1.807) is 0 Å². The minimum absolute atomic E-state index is 0.904. The first-order valence-corrected chi connectivity index (χ1v) is 14.3. The molecule has 0 saturated heterocycles. The summed E-state index contributed by atoms with van der Waals surface area (Å²) in [5.74, 6) is 0. The van der Waals surface area contributed by atoms with Crippen LogP contribution in [0.25, 0.3) is 55.0 Å². The van der Waals surface area contributed by atoms with Crippen molar-refractivity contribution in [3.8, 4) is 22.3 Å². The van der Waals surface area contributed by atoms with Crippen molar-refractivity contribution in [1.82, 2.24) is 0 Å². The van der Waals surface area contributed by atoms with Crippen LogP contribution in [0.15, 0.2) is 168 Å². The lowest BCUT2D eigenvalue weighted by Gasteiger charge is -2.28. The highest BCUT2D eigenvalue weighted by molar-refractivity contribution is 6.07. The number of fused-ring (bicyclic) bond motifs is 4. The average Bonchev–Trinajstić information content (AvgIpc) is 3.44. The fourth-order valence-corrected chi connectivity index (χ4v) is 6.08. The highest BCUT2D eigenvalue weighted by Crippen LogP contribution is 2.42. The minimum atomic E-state index is 0.904. The van der Waals surface area contributed by atoms with E-state index >= 15 is 0 Å². The van der Waals surface area contributed by atoms with Gasteiger partial charge in [0.05, 0.1) is 5.69 Å². The Morgan fingerprint density at radius 3 is 1.88 bits per heavy atom. The van der Waals surface area contributed by atoms with Crippen molar-refractivity contribution in [3.05, 3.63) is 164 Å². The van der Waals surface area contributed by atoms with Crippen LogP contribution in [-0.4, -0.2) is 0 Å². The summed E-state index contributed by atoms with van der Waals surface area (Å²) in [7, 11) is 0. The molecule has 0 bridgehead atoms. The van der Waals surface area contributed by atoms with Crippen LogP contribution >= 0.6 is 0 Å². The van der Waals surface area contributed by atoms with Gasteiger partial charge in [0.15, 0.2) is 0 Å².